The lowest BCUT2D eigenvalue weighted by atomic mass is 9.81. The predicted molar refractivity (Wildman–Crippen MR) is 118 cm³/mol. The molecule has 39 heavy (non-hydrogen) atoms. The highest BCUT2D eigenvalue weighted by Gasteiger charge is 2.58. The van der Waals surface area contributed by atoms with Crippen LogP contribution in [0.1, 0.15) is 36.3 Å². The van der Waals surface area contributed by atoms with Gasteiger partial charge < -0.3 is 0 Å². The number of carbonyl (C=O) groups excluding carboxylic acids is 1. The number of aromatic nitrogens is 4. The Labute approximate surface area is 216 Å². The molecule has 3 aliphatic rings. The fourth-order valence-corrected chi connectivity index (χ4v) is 6.84. The zero-order valence-electron chi connectivity index (χ0n) is 19.6. The molecule has 208 valence electrons. The number of aryl methyl sites for hydroxylation is 1. The second kappa shape index (κ2) is 9.36. The molecule has 1 atom stereocenters. The quantitative estimate of drug-likeness (QED) is 0.391. The van der Waals surface area contributed by atoms with Crippen LogP contribution in [-0.2, 0) is 33.6 Å². The Balaban J connectivity index is 1.37. The van der Waals surface area contributed by atoms with Gasteiger partial charge in [-0.2, -0.15) is 35.7 Å². The first-order valence-corrected chi connectivity index (χ1v) is 13.0. The molecular formula is C23H18F7N5O3S. The van der Waals surface area contributed by atoms with Crippen molar-refractivity contribution in [3.63, 3.8) is 0 Å². The molecule has 3 fully saturated rings. The van der Waals surface area contributed by atoms with Gasteiger partial charge in [0.15, 0.2) is 11.5 Å². The number of carbonyl (C=O) groups is 1. The summed E-state index contributed by atoms with van der Waals surface area (Å²) in [7, 11) is -4.16. The summed E-state index contributed by atoms with van der Waals surface area (Å²) in [4.78, 5) is 19.2. The van der Waals surface area contributed by atoms with Gasteiger partial charge in [0, 0.05) is 24.2 Å². The molecule has 4 heterocycles. The summed E-state index contributed by atoms with van der Waals surface area (Å²) >= 11 is 0. The molecule has 0 unspecified atom stereocenters. The summed E-state index contributed by atoms with van der Waals surface area (Å²) in [6, 6.07) is 2.60. The van der Waals surface area contributed by atoms with Crippen molar-refractivity contribution in [3.8, 4) is 5.69 Å². The Bertz CT molecular complexity index is 1500. The molecule has 3 aromatic rings. The van der Waals surface area contributed by atoms with Crippen molar-refractivity contribution in [3.05, 3.63) is 65.8 Å². The molecule has 0 N–H and O–H groups in total. The molecule has 0 radical (unpaired) electrons. The molecule has 1 saturated carbocycles. The molecule has 16 heteroatoms. The molecule has 1 aromatic carbocycles. The van der Waals surface area contributed by atoms with E-state index in [-0.39, 0.29) is 16.5 Å². The molecule has 0 spiro atoms. The third-order valence-corrected chi connectivity index (χ3v) is 8.75. The lowest BCUT2D eigenvalue weighted by molar-refractivity contribution is -0.145. The first kappa shape index (κ1) is 27.2. The van der Waals surface area contributed by atoms with Crippen LogP contribution >= 0.6 is 0 Å². The number of alkyl halides is 6. The number of hydrogen-bond acceptors (Lipinski definition) is 6. The Morgan fingerprint density at radius 2 is 1.59 bits per heavy atom. The van der Waals surface area contributed by atoms with Gasteiger partial charge in [-0.3, -0.25) is 4.79 Å². The van der Waals surface area contributed by atoms with Crippen LogP contribution in [0.15, 0.2) is 47.8 Å². The minimum Gasteiger partial charge on any atom is -0.298 e. The van der Waals surface area contributed by atoms with Crippen molar-refractivity contribution >= 4 is 15.8 Å². The number of hydrogen-bond donors (Lipinski definition) is 0. The van der Waals surface area contributed by atoms with E-state index >= 15 is 0 Å². The third-order valence-electron chi connectivity index (χ3n) is 6.80. The third kappa shape index (κ3) is 5.02. The fourth-order valence-electron chi connectivity index (χ4n) is 4.96. The maximum Gasteiger partial charge on any atom is 0.451 e. The van der Waals surface area contributed by atoms with Gasteiger partial charge in [-0.05, 0) is 49.4 Å². The van der Waals surface area contributed by atoms with Gasteiger partial charge in [-0.25, -0.2) is 27.5 Å². The molecule has 1 aliphatic carbocycles. The number of rotatable bonds is 7. The molecule has 2 saturated heterocycles. The first-order chi connectivity index (χ1) is 18.2. The van der Waals surface area contributed by atoms with Crippen molar-refractivity contribution in [1.29, 1.82) is 0 Å². The Hall–Kier alpha value is -3.40. The highest BCUT2D eigenvalue weighted by Crippen LogP contribution is 2.49. The lowest BCUT2D eigenvalue weighted by Crippen LogP contribution is -2.41. The zero-order chi connectivity index (χ0) is 28.3. The van der Waals surface area contributed by atoms with Crippen LogP contribution in [0.4, 0.5) is 30.7 Å². The van der Waals surface area contributed by atoms with Gasteiger partial charge in [-0.15, -0.1) is 0 Å². The molecular weight excluding hydrogens is 559 g/mol. The molecule has 2 aromatic heterocycles. The van der Waals surface area contributed by atoms with E-state index in [1.807, 2.05) is 0 Å². The average Bonchev–Trinajstić information content (AvgIpc) is 3.54. The summed E-state index contributed by atoms with van der Waals surface area (Å²) < 4.78 is 121. The minimum absolute atomic E-state index is 0.200. The largest absolute Gasteiger partial charge is 0.451 e. The normalized spacial score (nSPS) is 21.7. The number of nitrogens with zero attached hydrogens (tertiary/aromatic N) is 5. The van der Waals surface area contributed by atoms with E-state index in [9.17, 15) is 43.9 Å². The van der Waals surface area contributed by atoms with Crippen LogP contribution in [0.3, 0.4) is 0 Å². The van der Waals surface area contributed by atoms with E-state index < -0.39 is 76.0 Å². The molecule has 8 nitrogen and oxygen atoms in total. The van der Waals surface area contributed by atoms with Gasteiger partial charge in [0.2, 0.25) is 15.8 Å². The van der Waals surface area contributed by atoms with Crippen LogP contribution in [0.2, 0.25) is 0 Å². The minimum atomic E-state index is -4.94. The number of fused-ring (bicyclic) bond motifs is 1. The van der Waals surface area contributed by atoms with Crippen molar-refractivity contribution in [2.75, 3.05) is 0 Å². The molecule has 0 amide bonds. The number of ketones is 1. The maximum absolute atomic E-state index is 13.7. The van der Waals surface area contributed by atoms with Crippen molar-refractivity contribution in [1.82, 2.24) is 24.1 Å². The van der Waals surface area contributed by atoms with Gasteiger partial charge in [0.05, 0.1) is 23.3 Å². The van der Waals surface area contributed by atoms with E-state index in [1.165, 1.54) is 0 Å². The van der Waals surface area contributed by atoms with E-state index in [1.54, 1.807) is 0 Å². The maximum atomic E-state index is 13.7. The number of benzene rings is 1. The Kier molecular flexibility index (Phi) is 6.52. The van der Waals surface area contributed by atoms with Crippen molar-refractivity contribution < 1.29 is 43.9 Å². The standard InChI is InChI=1S/C23H18F7N5O3S/c24-14-2-4-17(5-3-14)39(37,38)35-15-7-13(8-15)19(35)18(36)6-1-12-11-34(33-20(12)22(25,26)27)16-9-31-21(32-10-16)23(28,29)30/h2-5,9-11,13,15,19H,1,6-8H2/t13?,15?,19-/m0/s1. The van der Waals surface area contributed by atoms with E-state index in [2.05, 4.69) is 15.1 Å². The monoisotopic (exact) mass is 577 g/mol. The van der Waals surface area contributed by atoms with E-state index in [0.29, 0.717) is 29.9 Å². The molecule has 2 bridgehead atoms. The fraction of sp³-hybridized carbons (Fsp3) is 0.391. The second-order valence-corrected chi connectivity index (χ2v) is 11.1. The number of sulfonamides is 1. The van der Waals surface area contributed by atoms with Crippen molar-refractivity contribution in [2.45, 2.75) is 55.0 Å². The summed E-state index contributed by atoms with van der Waals surface area (Å²) in [5, 5.41) is 3.43. The van der Waals surface area contributed by atoms with Crippen molar-refractivity contribution in [2.24, 2.45) is 5.92 Å². The predicted octanol–water partition coefficient (Wildman–Crippen LogP) is 4.19. The summed E-state index contributed by atoms with van der Waals surface area (Å²) in [5.74, 6) is -2.98. The number of Topliss-reactive ketones (excluding diaryl/α,β-unsaturated/α-hetero) is 1. The smallest absolute Gasteiger partial charge is 0.298 e. The summed E-state index contributed by atoms with van der Waals surface area (Å²) in [6.07, 6.45) is -7.57. The summed E-state index contributed by atoms with van der Waals surface area (Å²) in [5.41, 5.74) is -2.02. The lowest BCUT2D eigenvalue weighted by Gasteiger charge is -2.25. The van der Waals surface area contributed by atoms with Gasteiger partial charge >= 0.3 is 12.4 Å². The van der Waals surface area contributed by atoms with Crippen LogP contribution in [-0.4, -0.2) is 50.3 Å². The zero-order valence-corrected chi connectivity index (χ0v) is 20.4. The van der Waals surface area contributed by atoms with Crippen LogP contribution in [0.5, 0.6) is 0 Å². The molecule has 2 aliphatic heterocycles. The highest BCUT2D eigenvalue weighted by atomic mass is 32.2. The highest BCUT2D eigenvalue weighted by molar-refractivity contribution is 7.89. The van der Waals surface area contributed by atoms with Crippen LogP contribution in [0, 0.1) is 11.7 Å². The molecule has 6 rings (SSSR count). The Morgan fingerprint density at radius 1 is 0.974 bits per heavy atom. The Morgan fingerprint density at radius 3 is 2.15 bits per heavy atom. The van der Waals surface area contributed by atoms with Crippen LogP contribution < -0.4 is 0 Å². The first-order valence-electron chi connectivity index (χ1n) is 11.5. The van der Waals surface area contributed by atoms with Gasteiger partial charge in [0.1, 0.15) is 11.5 Å². The summed E-state index contributed by atoms with van der Waals surface area (Å²) in [6.45, 7) is 0. The SMILES string of the molecule is O=C(CCc1cn(-c2cnc(C(F)(F)F)nc2)nc1C(F)(F)F)[C@@H]1C2CC(C2)N1S(=O)(=O)c1ccc(F)cc1. The van der Waals surface area contributed by atoms with Crippen LogP contribution in [0.25, 0.3) is 5.69 Å². The average molecular weight is 577 g/mol. The van der Waals surface area contributed by atoms with Gasteiger partial charge in [0.25, 0.3) is 0 Å². The topological polar surface area (TPSA) is 98.1 Å². The number of halogens is 7. The van der Waals surface area contributed by atoms with Gasteiger partial charge in [-0.1, -0.05) is 0 Å². The van der Waals surface area contributed by atoms with E-state index in [0.717, 1.165) is 34.8 Å². The second-order valence-electron chi connectivity index (χ2n) is 9.29. The van der Waals surface area contributed by atoms with E-state index in [4.69, 9.17) is 0 Å².